The van der Waals surface area contributed by atoms with Crippen molar-refractivity contribution in [1.29, 1.82) is 0 Å². The Labute approximate surface area is 441 Å². The summed E-state index contributed by atoms with van der Waals surface area (Å²) in [5.74, 6) is -0.872. The molecule has 0 spiro atoms. The van der Waals surface area contributed by atoms with Crippen LogP contribution in [0.25, 0.3) is 0 Å². The lowest BCUT2D eigenvalue weighted by Gasteiger charge is -2.18. The Balaban J connectivity index is 4.26. The topological polar surface area (TPSA) is 78.9 Å². The van der Waals surface area contributed by atoms with Crippen molar-refractivity contribution in [3.05, 3.63) is 48.6 Å². The third-order valence-corrected chi connectivity index (χ3v) is 13.8. The van der Waals surface area contributed by atoms with Gasteiger partial charge in [-0.1, -0.05) is 275 Å². The Kier molecular flexibility index (Phi) is 57.7. The molecule has 0 aliphatic heterocycles. The Morgan fingerprint density at radius 1 is 0.282 bits per heavy atom. The van der Waals surface area contributed by atoms with Gasteiger partial charge in [0.1, 0.15) is 13.2 Å². The van der Waals surface area contributed by atoms with Crippen molar-refractivity contribution < 1.29 is 28.6 Å². The fraction of sp³-hybridized carbons (Fsp3) is 0.831. The van der Waals surface area contributed by atoms with Crippen LogP contribution in [-0.2, 0) is 28.6 Å². The van der Waals surface area contributed by atoms with Crippen LogP contribution < -0.4 is 0 Å². The van der Waals surface area contributed by atoms with Crippen LogP contribution in [0.15, 0.2) is 48.6 Å². The summed E-state index contributed by atoms with van der Waals surface area (Å²) in [5.41, 5.74) is 0. The first-order chi connectivity index (χ1) is 35.0. The van der Waals surface area contributed by atoms with Gasteiger partial charge in [-0.3, -0.25) is 14.4 Å². The number of carbonyl (C=O) groups is 3. The van der Waals surface area contributed by atoms with E-state index in [9.17, 15) is 14.4 Å². The first-order valence-electron chi connectivity index (χ1n) is 31.1. The van der Waals surface area contributed by atoms with Crippen LogP contribution >= 0.6 is 0 Å². The van der Waals surface area contributed by atoms with Crippen LogP contribution in [0.5, 0.6) is 0 Å². The number of allylic oxidation sites excluding steroid dienone is 8. The summed E-state index contributed by atoms with van der Waals surface area (Å²) in [5, 5.41) is 0. The highest BCUT2D eigenvalue weighted by atomic mass is 16.6. The van der Waals surface area contributed by atoms with E-state index in [1.165, 1.54) is 199 Å². The van der Waals surface area contributed by atoms with Crippen molar-refractivity contribution in [2.45, 2.75) is 335 Å². The monoisotopic (exact) mass is 995 g/mol. The molecular formula is C65H118O6. The summed E-state index contributed by atoms with van der Waals surface area (Å²) in [4.78, 5) is 38.2. The van der Waals surface area contributed by atoms with E-state index in [1.807, 2.05) is 0 Å². The van der Waals surface area contributed by atoms with E-state index in [-0.39, 0.29) is 31.1 Å². The zero-order chi connectivity index (χ0) is 51.4. The normalized spacial score (nSPS) is 12.3. The van der Waals surface area contributed by atoms with Gasteiger partial charge in [0.15, 0.2) is 6.10 Å². The van der Waals surface area contributed by atoms with Crippen molar-refractivity contribution in [1.82, 2.24) is 0 Å². The van der Waals surface area contributed by atoms with Gasteiger partial charge in [0.05, 0.1) is 0 Å². The standard InChI is InChI=1S/C65H118O6/c1-4-7-10-13-16-19-22-25-27-28-29-30-31-32-33-34-35-36-38-40-43-46-49-52-55-58-64(67)70-61-62(60-69-63(66)57-54-51-48-45-42-39-24-21-18-15-12-9-6-3)71-65(68)59-56-53-50-47-44-41-37-26-23-20-17-14-11-8-5-2/h17,20,22,25-26,28-29,37,62H,4-16,18-19,21,23-24,27,30-36,38-61H2,1-3H3/b20-17-,25-22-,29-28-,37-26-. The Bertz CT molecular complexity index is 1230. The second-order valence-electron chi connectivity index (χ2n) is 21.0. The average Bonchev–Trinajstić information content (AvgIpc) is 3.37. The van der Waals surface area contributed by atoms with Crippen molar-refractivity contribution >= 4 is 17.9 Å². The summed E-state index contributed by atoms with van der Waals surface area (Å²) in [6.45, 7) is 6.63. The maximum absolute atomic E-state index is 12.9. The molecule has 0 fully saturated rings. The van der Waals surface area contributed by atoms with Gasteiger partial charge in [0, 0.05) is 19.3 Å². The quantitative estimate of drug-likeness (QED) is 0.0261. The molecule has 0 aliphatic carbocycles. The first-order valence-corrected chi connectivity index (χ1v) is 31.1. The molecule has 0 heterocycles. The van der Waals surface area contributed by atoms with E-state index in [4.69, 9.17) is 14.2 Å². The van der Waals surface area contributed by atoms with Gasteiger partial charge in [-0.05, 0) is 83.5 Å². The van der Waals surface area contributed by atoms with E-state index in [2.05, 4.69) is 69.4 Å². The molecular weight excluding hydrogens is 877 g/mol. The molecule has 0 aliphatic rings. The Hall–Kier alpha value is -2.63. The van der Waals surface area contributed by atoms with Crippen LogP contribution in [0, 0.1) is 0 Å². The summed E-state index contributed by atoms with van der Waals surface area (Å²) >= 11 is 0. The molecule has 71 heavy (non-hydrogen) atoms. The number of rotatable bonds is 57. The third kappa shape index (κ3) is 58.1. The molecule has 6 heteroatoms. The smallest absolute Gasteiger partial charge is 0.306 e. The fourth-order valence-electron chi connectivity index (χ4n) is 9.09. The molecule has 6 nitrogen and oxygen atoms in total. The molecule has 0 aromatic carbocycles. The third-order valence-electron chi connectivity index (χ3n) is 13.8. The fourth-order valence-corrected chi connectivity index (χ4v) is 9.09. The van der Waals surface area contributed by atoms with Crippen LogP contribution in [0.4, 0.5) is 0 Å². The minimum absolute atomic E-state index is 0.0753. The molecule has 0 aromatic heterocycles. The predicted molar refractivity (Wildman–Crippen MR) is 307 cm³/mol. The largest absolute Gasteiger partial charge is 0.462 e. The van der Waals surface area contributed by atoms with Gasteiger partial charge < -0.3 is 14.2 Å². The SMILES string of the molecule is CCCCC/C=C\C/C=C\CCCCCCCC(=O)OC(COC(=O)CCCCCCCCCCCCCCC)COC(=O)CCCCCCCCCCCCCCC/C=C\C/C=C\CCCCCCC. The van der Waals surface area contributed by atoms with E-state index in [0.717, 1.165) is 89.9 Å². The summed E-state index contributed by atoms with van der Waals surface area (Å²) in [7, 11) is 0. The van der Waals surface area contributed by atoms with Gasteiger partial charge in [0.25, 0.3) is 0 Å². The lowest BCUT2D eigenvalue weighted by molar-refractivity contribution is -0.167. The Morgan fingerprint density at radius 2 is 0.507 bits per heavy atom. The predicted octanol–water partition coefficient (Wildman–Crippen LogP) is 21.0. The van der Waals surface area contributed by atoms with Crippen molar-refractivity contribution in [3.63, 3.8) is 0 Å². The van der Waals surface area contributed by atoms with E-state index >= 15 is 0 Å². The van der Waals surface area contributed by atoms with E-state index in [1.54, 1.807) is 0 Å². The molecule has 0 aromatic rings. The number of unbranched alkanes of at least 4 members (excludes halogenated alkanes) is 38. The van der Waals surface area contributed by atoms with Gasteiger partial charge >= 0.3 is 17.9 Å². The minimum atomic E-state index is -0.778. The second kappa shape index (κ2) is 59.9. The zero-order valence-electron chi connectivity index (χ0n) is 47.5. The molecule has 1 unspecified atom stereocenters. The Morgan fingerprint density at radius 3 is 0.803 bits per heavy atom. The average molecular weight is 996 g/mol. The highest BCUT2D eigenvalue weighted by Gasteiger charge is 2.19. The van der Waals surface area contributed by atoms with Crippen LogP contribution in [0.2, 0.25) is 0 Å². The number of esters is 3. The molecule has 0 rings (SSSR count). The van der Waals surface area contributed by atoms with Crippen molar-refractivity contribution in [3.8, 4) is 0 Å². The van der Waals surface area contributed by atoms with Gasteiger partial charge in [-0.2, -0.15) is 0 Å². The molecule has 1 atom stereocenters. The summed E-state index contributed by atoms with van der Waals surface area (Å²) in [6, 6.07) is 0. The number of carbonyl (C=O) groups excluding carboxylic acids is 3. The van der Waals surface area contributed by atoms with Crippen LogP contribution in [-0.4, -0.2) is 37.2 Å². The molecule has 414 valence electrons. The van der Waals surface area contributed by atoms with Gasteiger partial charge in [-0.15, -0.1) is 0 Å². The number of ether oxygens (including phenoxy) is 3. The van der Waals surface area contributed by atoms with E-state index < -0.39 is 6.10 Å². The van der Waals surface area contributed by atoms with Gasteiger partial charge in [0.2, 0.25) is 0 Å². The molecule has 0 bridgehead atoms. The summed E-state index contributed by atoms with van der Waals surface area (Å²) < 4.78 is 16.9. The lowest BCUT2D eigenvalue weighted by Crippen LogP contribution is -2.30. The maximum atomic E-state index is 12.9. The van der Waals surface area contributed by atoms with Crippen LogP contribution in [0.1, 0.15) is 329 Å². The minimum Gasteiger partial charge on any atom is -0.462 e. The van der Waals surface area contributed by atoms with Crippen molar-refractivity contribution in [2.75, 3.05) is 13.2 Å². The summed E-state index contributed by atoms with van der Waals surface area (Å²) in [6.07, 6.45) is 74.0. The van der Waals surface area contributed by atoms with Gasteiger partial charge in [-0.25, -0.2) is 0 Å². The molecule has 0 saturated carbocycles. The highest BCUT2D eigenvalue weighted by molar-refractivity contribution is 5.71. The first kappa shape index (κ1) is 68.4. The lowest BCUT2D eigenvalue weighted by atomic mass is 10.0. The zero-order valence-corrected chi connectivity index (χ0v) is 47.5. The second-order valence-corrected chi connectivity index (χ2v) is 21.0. The van der Waals surface area contributed by atoms with Crippen molar-refractivity contribution in [2.24, 2.45) is 0 Å². The van der Waals surface area contributed by atoms with Crippen LogP contribution in [0.3, 0.4) is 0 Å². The molecule has 0 saturated heterocycles. The maximum Gasteiger partial charge on any atom is 0.306 e. The highest BCUT2D eigenvalue weighted by Crippen LogP contribution is 2.17. The number of hydrogen-bond donors (Lipinski definition) is 0. The number of hydrogen-bond acceptors (Lipinski definition) is 6. The molecule has 0 amide bonds. The van der Waals surface area contributed by atoms with E-state index in [0.29, 0.717) is 19.3 Å². The molecule has 0 radical (unpaired) electrons. The molecule has 0 N–H and O–H groups in total.